The van der Waals surface area contributed by atoms with Crippen molar-refractivity contribution >= 4 is 11.8 Å². The topological polar surface area (TPSA) is 0 Å². The Hall–Kier alpha value is -0.430. The zero-order valence-corrected chi connectivity index (χ0v) is 9.29. The zero-order valence-electron chi connectivity index (χ0n) is 8.47. The molecule has 0 spiro atoms. The first-order valence-electron chi connectivity index (χ1n) is 4.43. The summed E-state index contributed by atoms with van der Waals surface area (Å²) >= 11 is 1.82. The highest BCUT2D eigenvalue weighted by molar-refractivity contribution is 8.03. The van der Waals surface area contributed by atoms with Crippen molar-refractivity contribution in [2.45, 2.75) is 27.2 Å². The smallest absolute Gasteiger partial charge is 0.00658 e. The van der Waals surface area contributed by atoms with Crippen LogP contribution < -0.4 is 0 Å². The molecule has 12 heavy (non-hydrogen) atoms. The van der Waals surface area contributed by atoms with Gasteiger partial charge in [0.05, 0.1) is 0 Å². The summed E-state index contributed by atoms with van der Waals surface area (Å²) in [7, 11) is 0. The number of hydrogen-bond donors (Lipinski definition) is 0. The van der Waals surface area contributed by atoms with Gasteiger partial charge < -0.3 is 0 Å². The predicted octanol–water partition coefficient (Wildman–Crippen LogP) is 4.41. The Morgan fingerprint density at radius 1 is 1.33 bits per heavy atom. The monoisotopic (exact) mass is 184 g/mol. The van der Waals surface area contributed by atoms with Gasteiger partial charge in [-0.15, -0.1) is 11.8 Å². The van der Waals surface area contributed by atoms with E-state index in [1.165, 1.54) is 11.3 Å². The molecule has 0 heterocycles. The number of thioether (sulfide) groups is 1. The van der Waals surface area contributed by atoms with Crippen LogP contribution in [0, 0.1) is 0 Å². The fraction of sp³-hybridized carbons (Fsp3) is 0.455. The van der Waals surface area contributed by atoms with E-state index in [1.54, 1.807) is 6.08 Å². The van der Waals surface area contributed by atoms with E-state index in [2.05, 4.69) is 20.1 Å². The Morgan fingerprint density at radius 2 is 1.92 bits per heavy atom. The lowest BCUT2D eigenvalue weighted by Crippen LogP contribution is -1.74. The Morgan fingerprint density at radius 3 is 2.25 bits per heavy atom. The molecule has 0 amide bonds. The Balaban J connectivity index is 0. The Kier molecular flexibility index (Phi) is 15.5. The van der Waals surface area contributed by atoms with Crippen molar-refractivity contribution in [3.05, 3.63) is 36.3 Å². The predicted molar refractivity (Wildman–Crippen MR) is 62.6 cm³/mol. The minimum absolute atomic E-state index is 1.16. The highest BCUT2D eigenvalue weighted by Crippen LogP contribution is 2.16. The minimum Gasteiger partial charge on any atom is -0.126 e. The van der Waals surface area contributed by atoms with Gasteiger partial charge in [0.2, 0.25) is 0 Å². The third-order valence-electron chi connectivity index (χ3n) is 0.956. The highest BCUT2D eigenvalue weighted by Gasteiger charge is 1.87. The van der Waals surface area contributed by atoms with Gasteiger partial charge in [0.15, 0.2) is 0 Å². The molecule has 0 aliphatic carbocycles. The van der Waals surface area contributed by atoms with E-state index in [0.29, 0.717) is 0 Å². The molecule has 0 fully saturated rings. The van der Waals surface area contributed by atoms with Crippen LogP contribution in [-0.2, 0) is 0 Å². The number of hydrogen-bond acceptors (Lipinski definition) is 1. The van der Waals surface area contributed by atoms with Crippen LogP contribution in [0.4, 0.5) is 0 Å². The average Bonchev–Trinajstić information content (AvgIpc) is 2.15. The summed E-state index contributed by atoms with van der Waals surface area (Å²) in [4.78, 5) is 1.21. The average molecular weight is 184 g/mol. The van der Waals surface area contributed by atoms with Crippen LogP contribution in [0.3, 0.4) is 0 Å². The summed E-state index contributed by atoms with van der Waals surface area (Å²) in [6.07, 6.45) is 6.84. The molecular formula is C11H20S. The van der Waals surface area contributed by atoms with Gasteiger partial charge >= 0.3 is 0 Å². The van der Waals surface area contributed by atoms with Crippen molar-refractivity contribution in [1.29, 1.82) is 0 Å². The summed E-state index contributed by atoms with van der Waals surface area (Å²) in [6.45, 7) is 13.5. The van der Waals surface area contributed by atoms with E-state index >= 15 is 0 Å². The first-order chi connectivity index (χ1) is 5.85. The second-order valence-corrected chi connectivity index (χ2v) is 3.03. The number of allylic oxidation sites excluding steroid dienone is 3. The molecule has 70 valence electrons. The third kappa shape index (κ3) is 9.57. The lowest BCUT2D eigenvalue weighted by atomic mass is 10.5. The molecule has 0 radical (unpaired) electrons. The molecule has 0 aromatic rings. The molecule has 1 heteroatoms. The van der Waals surface area contributed by atoms with Crippen LogP contribution in [-0.4, -0.2) is 5.75 Å². The summed E-state index contributed by atoms with van der Waals surface area (Å²) in [5, 5.41) is 0. The maximum Gasteiger partial charge on any atom is 0.00658 e. The van der Waals surface area contributed by atoms with E-state index in [1.807, 2.05) is 37.8 Å². The highest BCUT2D eigenvalue weighted by atomic mass is 32.2. The third-order valence-corrected chi connectivity index (χ3v) is 2.20. The Bertz CT molecular complexity index is 134. The molecule has 0 aliphatic rings. The van der Waals surface area contributed by atoms with E-state index in [-0.39, 0.29) is 0 Å². The molecule has 0 aromatic carbocycles. The van der Waals surface area contributed by atoms with Gasteiger partial charge in [-0.1, -0.05) is 46.1 Å². The van der Waals surface area contributed by atoms with Crippen molar-refractivity contribution in [2.75, 3.05) is 5.75 Å². The fourth-order valence-corrected chi connectivity index (χ4v) is 1.26. The molecule has 0 saturated carbocycles. The van der Waals surface area contributed by atoms with Crippen LogP contribution in [0.5, 0.6) is 0 Å². The molecule has 0 rings (SSSR count). The van der Waals surface area contributed by atoms with Gasteiger partial charge in [-0.05, 0) is 18.2 Å². The van der Waals surface area contributed by atoms with Gasteiger partial charge in [-0.2, -0.15) is 0 Å². The first kappa shape index (κ1) is 14.1. The first-order valence-corrected chi connectivity index (χ1v) is 5.41. The molecule has 0 N–H and O–H groups in total. The van der Waals surface area contributed by atoms with Gasteiger partial charge in [0.25, 0.3) is 0 Å². The summed E-state index contributed by atoms with van der Waals surface area (Å²) in [6, 6.07) is 0. The molecule has 0 aliphatic heterocycles. The molecule has 0 saturated heterocycles. The van der Waals surface area contributed by atoms with Crippen LogP contribution in [0.15, 0.2) is 36.3 Å². The summed E-state index contributed by atoms with van der Waals surface area (Å²) in [5.74, 6) is 1.16. The molecule has 0 unspecified atom stereocenters. The lowest BCUT2D eigenvalue weighted by molar-refractivity contribution is 1.11. The van der Waals surface area contributed by atoms with E-state index in [9.17, 15) is 0 Å². The maximum atomic E-state index is 3.70. The summed E-state index contributed by atoms with van der Waals surface area (Å²) < 4.78 is 0. The van der Waals surface area contributed by atoms with Gasteiger partial charge in [-0.25, -0.2) is 0 Å². The van der Waals surface area contributed by atoms with Crippen LogP contribution in [0.25, 0.3) is 0 Å². The van der Waals surface area contributed by atoms with E-state index < -0.39 is 0 Å². The van der Waals surface area contributed by atoms with Crippen LogP contribution in [0.2, 0.25) is 0 Å². The van der Waals surface area contributed by atoms with Crippen LogP contribution >= 0.6 is 11.8 Å². The molecule has 0 aromatic heterocycles. The largest absolute Gasteiger partial charge is 0.126 e. The summed E-state index contributed by atoms with van der Waals surface area (Å²) in [5.41, 5.74) is 0. The number of rotatable bonds is 5. The van der Waals surface area contributed by atoms with Gasteiger partial charge in [0.1, 0.15) is 0 Å². The normalized spacial score (nSPS) is 9.75. The van der Waals surface area contributed by atoms with Crippen molar-refractivity contribution in [2.24, 2.45) is 0 Å². The fourth-order valence-electron chi connectivity index (χ4n) is 0.511. The Labute approximate surface area is 81.4 Å². The minimum atomic E-state index is 1.16. The van der Waals surface area contributed by atoms with Crippen molar-refractivity contribution in [3.63, 3.8) is 0 Å². The maximum absolute atomic E-state index is 3.70. The lowest BCUT2D eigenvalue weighted by Gasteiger charge is -1.96. The standard InChI is InChI=1S/C9H14S.C2H6/c1-4-7-9(6-3)10-8-5-2;1-2/h4,6-7H,1,3,5,8H2,2H3;1-2H3/b9-7+;. The SMILES string of the molecule is C=C/C=C(\C=C)SCCC.CC. The quantitative estimate of drug-likeness (QED) is 0.570. The van der Waals surface area contributed by atoms with Crippen LogP contribution in [0.1, 0.15) is 27.2 Å². The molecule has 0 bridgehead atoms. The van der Waals surface area contributed by atoms with Gasteiger partial charge in [0, 0.05) is 4.91 Å². The zero-order chi connectivity index (χ0) is 9.82. The van der Waals surface area contributed by atoms with E-state index in [4.69, 9.17) is 0 Å². The van der Waals surface area contributed by atoms with E-state index in [0.717, 1.165) is 5.75 Å². The van der Waals surface area contributed by atoms with Gasteiger partial charge in [-0.3, -0.25) is 0 Å². The van der Waals surface area contributed by atoms with Crippen molar-refractivity contribution < 1.29 is 0 Å². The molecular weight excluding hydrogens is 164 g/mol. The second-order valence-electron chi connectivity index (χ2n) is 1.86. The second kappa shape index (κ2) is 13.2. The molecule has 0 atom stereocenters. The van der Waals surface area contributed by atoms with Crippen molar-refractivity contribution in [3.8, 4) is 0 Å². The van der Waals surface area contributed by atoms with Crippen molar-refractivity contribution in [1.82, 2.24) is 0 Å². The molecule has 0 nitrogen and oxygen atoms in total.